The van der Waals surface area contributed by atoms with E-state index < -0.39 is 11.7 Å². The SMILES string of the molecule is N#CC(=Cc1ccc(-c2cc(C(F)(F)F)ccc2Cl)o1)c1nc(-c2ccc(F)cc2)cs1. The normalized spacial score (nSPS) is 12.1. The molecule has 0 unspecified atom stereocenters. The van der Waals surface area contributed by atoms with Gasteiger partial charge in [0.05, 0.1) is 21.9 Å². The van der Waals surface area contributed by atoms with Gasteiger partial charge in [-0.3, -0.25) is 0 Å². The Hall–Kier alpha value is -3.41. The predicted octanol–water partition coefficient (Wildman–Crippen LogP) is 7.95. The number of allylic oxidation sites excluding steroid dienone is 1. The molecule has 0 aliphatic heterocycles. The first-order valence-electron chi connectivity index (χ1n) is 9.05. The van der Waals surface area contributed by atoms with Gasteiger partial charge in [-0.1, -0.05) is 11.6 Å². The first kappa shape index (κ1) is 21.8. The lowest BCUT2D eigenvalue weighted by molar-refractivity contribution is -0.137. The molecule has 2 aromatic carbocycles. The average molecular weight is 475 g/mol. The van der Waals surface area contributed by atoms with Crippen LogP contribution in [0.2, 0.25) is 5.02 Å². The zero-order valence-electron chi connectivity index (χ0n) is 16.0. The number of alkyl halides is 3. The number of hydrogen-bond donors (Lipinski definition) is 0. The van der Waals surface area contributed by atoms with Gasteiger partial charge in [-0.15, -0.1) is 11.3 Å². The Labute approximate surface area is 188 Å². The van der Waals surface area contributed by atoms with E-state index in [4.69, 9.17) is 16.0 Å². The largest absolute Gasteiger partial charge is 0.457 e. The summed E-state index contributed by atoms with van der Waals surface area (Å²) in [5.41, 5.74) is 0.735. The summed E-state index contributed by atoms with van der Waals surface area (Å²) in [6.07, 6.45) is -3.08. The second-order valence-electron chi connectivity index (χ2n) is 6.61. The van der Waals surface area contributed by atoms with Crippen LogP contribution in [0.4, 0.5) is 17.6 Å². The molecule has 0 N–H and O–H groups in total. The molecule has 0 fully saturated rings. The van der Waals surface area contributed by atoms with Gasteiger partial charge >= 0.3 is 6.18 Å². The molecule has 0 spiro atoms. The van der Waals surface area contributed by atoms with Crippen LogP contribution < -0.4 is 0 Å². The van der Waals surface area contributed by atoms with Crippen molar-refractivity contribution in [2.45, 2.75) is 6.18 Å². The number of rotatable bonds is 4. The molecule has 3 nitrogen and oxygen atoms in total. The van der Waals surface area contributed by atoms with E-state index in [2.05, 4.69) is 4.98 Å². The molecule has 4 rings (SSSR count). The summed E-state index contributed by atoms with van der Waals surface area (Å²) in [5, 5.41) is 11.8. The second-order valence-corrected chi connectivity index (χ2v) is 7.87. The van der Waals surface area contributed by atoms with Crippen molar-refractivity contribution < 1.29 is 22.0 Å². The van der Waals surface area contributed by atoms with Gasteiger partial charge in [0.1, 0.15) is 28.4 Å². The summed E-state index contributed by atoms with van der Waals surface area (Å²) in [5.74, 6) is 0.0238. The lowest BCUT2D eigenvalue weighted by Gasteiger charge is -2.09. The highest BCUT2D eigenvalue weighted by Gasteiger charge is 2.31. The highest BCUT2D eigenvalue weighted by Crippen LogP contribution is 2.37. The lowest BCUT2D eigenvalue weighted by atomic mass is 10.1. The van der Waals surface area contributed by atoms with Crippen molar-refractivity contribution in [2.75, 3.05) is 0 Å². The molecule has 4 aromatic rings. The first-order valence-corrected chi connectivity index (χ1v) is 10.3. The zero-order valence-corrected chi connectivity index (χ0v) is 17.5. The van der Waals surface area contributed by atoms with Gasteiger partial charge in [0.2, 0.25) is 0 Å². The van der Waals surface area contributed by atoms with Gasteiger partial charge in [-0.2, -0.15) is 18.4 Å². The monoisotopic (exact) mass is 474 g/mol. The van der Waals surface area contributed by atoms with E-state index in [-0.39, 0.29) is 33.5 Å². The molecule has 0 aliphatic rings. The van der Waals surface area contributed by atoms with E-state index in [0.29, 0.717) is 16.3 Å². The number of nitriles is 1. The minimum atomic E-state index is -4.52. The molecule has 0 bridgehead atoms. The summed E-state index contributed by atoms with van der Waals surface area (Å²) in [4.78, 5) is 4.41. The molecule has 0 saturated carbocycles. The van der Waals surface area contributed by atoms with Gasteiger partial charge in [0.15, 0.2) is 0 Å². The molecule has 0 saturated heterocycles. The number of aromatic nitrogens is 1. The van der Waals surface area contributed by atoms with Crippen molar-refractivity contribution >= 4 is 34.6 Å². The maximum Gasteiger partial charge on any atom is 0.416 e. The smallest absolute Gasteiger partial charge is 0.416 e. The Bertz CT molecular complexity index is 1350. The summed E-state index contributed by atoms with van der Waals surface area (Å²) in [7, 11) is 0. The molecular weight excluding hydrogens is 464 g/mol. The summed E-state index contributed by atoms with van der Waals surface area (Å²) in [6, 6.07) is 13.8. The number of benzene rings is 2. The lowest BCUT2D eigenvalue weighted by Crippen LogP contribution is -2.04. The second kappa shape index (κ2) is 8.61. The summed E-state index contributed by atoms with van der Waals surface area (Å²) >= 11 is 7.29. The number of hydrogen-bond acceptors (Lipinski definition) is 4. The van der Waals surface area contributed by atoms with E-state index in [1.165, 1.54) is 41.7 Å². The Morgan fingerprint density at radius 1 is 1.09 bits per heavy atom. The highest BCUT2D eigenvalue weighted by molar-refractivity contribution is 7.11. The summed E-state index contributed by atoms with van der Waals surface area (Å²) < 4.78 is 57.8. The number of nitrogens with zero attached hydrogens (tertiary/aromatic N) is 2. The van der Waals surface area contributed by atoms with Crippen molar-refractivity contribution in [1.82, 2.24) is 4.98 Å². The Kier molecular flexibility index (Phi) is 5.87. The highest BCUT2D eigenvalue weighted by atomic mass is 35.5. The molecule has 9 heteroatoms. The first-order chi connectivity index (χ1) is 15.2. The number of thiazole rings is 1. The van der Waals surface area contributed by atoms with Crippen LogP contribution >= 0.6 is 22.9 Å². The third-order valence-corrected chi connectivity index (χ3v) is 5.67. The standard InChI is InChI=1S/C23H11ClF4N2OS/c24-19-7-3-15(23(26,27)28)10-18(19)21-8-6-17(31-21)9-14(11-29)22-30-20(12-32-22)13-1-4-16(25)5-2-13/h1-10,12H. The van der Waals surface area contributed by atoms with E-state index in [1.54, 1.807) is 17.5 Å². The van der Waals surface area contributed by atoms with Crippen LogP contribution in [-0.2, 0) is 6.18 Å². The van der Waals surface area contributed by atoms with Crippen molar-refractivity contribution in [3.05, 3.63) is 87.1 Å². The fraction of sp³-hybridized carbons (Fsp3) is 0.0435. The van der Waals surface area contributed by atoms with Crippen LogP contribution in [0.15, 0.2) is 64.4 Å². The molecule has 0 atom stereocenters. The van der Waals surface area contributed by atoms with Crippen LogP contribution in [0.5, 0.6) is 0 Å². The van der Waals surface area contributed by atoms with Gasteiger partial charge in [-0.05, 0) is 54.6 Å². The van der Waals surface area contributed by atoms with Crippen LogP contribution in [0.25, 0.3) is 34.2 Å². The fourth-order valence-corrected chi connectivity index (χ4v) is 3.91. The Balaban J connectivity index is 1.64. The molecule has 2 heterocycles. The van der Waals surface area contributed by atoms with Gasteiger partial charge in [0.25, 0.3) is 0 Å². The molecule has 2 aromatic heterocycles. The molecule has 32 heavy (non-hydrogen) atoms. The van der Waals surface area contributed by atoms with Gasteiger partial charge < -0.3 is 4.42 Å². The van der Waals surface area contributed by atoms with Crippen LogP contribution in [0.3, 0.4) is 0 Å². The van der Waals surface area contributed by atoms with Crippen LogP contribution in [0.1, 0.15) is 16.3 Å². The molecule has 160 valence electrons. The van der Waals surface area contributed by atoms with Gasteiger partial charge in [0, 0.05) is 22.6 Å². The quantitative estimate of drug-likeness (QED) is 0.223. The maximum absolute atomic E-state index is 13.1. The van der Waals surface area contributed by atoms with Crippen molar-refractivity contribution in [3.63, 3.8) is 0 Å². The van der Waals surface area contributed by atoms with Gasteiger partial charge in [-0.25, -0.2) is 9.37 Å². The fourth-order valence-electron chi connectivity index (χ4n) is 2.90. The topological polar surface area (TPSA) is 49.8 Å². The van der Waals surface area contributed by atoms with Crippen molar-refractivity contribution in [3.8, 4) is 28.7 Å². The third-order valence-electron chi connectivity index (χ3n) is 4.47. The Morgan fingerprint density at radius 3 is 2.53 bits per heavy atom. The molecular formula is C23H11ClF4N2OS. The maximum atomic E-state index is 13.1. The van der Waals surface area contributed by atoms with E-state index in [9.17, 15) is 22.8 Å². The van der Waals surface area contributed by atoms with E-state index in [0.717, 1.165) is 18.2 Å². The molecule has 0 aliphatic carbocycles. The van der Waals surface area contributed by atoms with Crippen LogP contribution in [0, 0.1) is 17.1 Å². The number of furan rings is 1. The summed E-state index contributed by atoms with van der Waals surface area (Å²) in [6.45, 7) is 0. The Morgan fingerprint density at radius 2 is 1.84 bits per heavy atom. The zero-order chi connectivity index (χ0) is 22.9. The van der Waals surface area contributed by atoms with Crippen molar-refractivity contribution in [1.29, 1.82) is 5.26 Å². The average Bonchev–Trinajstić information content (AvgIpc) is 3.42. The van der Waals surface area contributed by atoms with Crippen LogP contribution in [-0.4, -0.2) is 4.98 Å². The molecule has 0 amide bonds. The predicted molar refractivity (Wildman–Crippen MR) is 115 cm³/mol. The van der Waals surface area contributed by atoms with E-state index in [1.807, 2.05) is 6.07 Å². The third kappa shape index (κ3) is 4.59. The number of halogens is 5. The van der Waals surface area contributed by atoms with E-state index >= 15 is 0 Å². The minimum Gasteiger partial charge on any atom is -0.457 e. The van der Waals surface area contributed by atoms with Crippen molar-refractivity contribution in [2.24, 2.45) is 0 Å². The minimum absolute atomic E-state index is 0.0903. The molecule has 0 radical (unpaired) electrons.